The van der Waals surface area contributed by atoms with E-state index in [0.717, 1.165) is 29.3 Å². The molecule has 0 aliphatic carbocycles. The van der Waals surface area contributed by atoms with Gasteiger partial charge in [-0.05, 0) is 31.5 Å². The van der Waals surface area contributed by atoms with Crippen LogP contribution in [0.2, 0.25) is 0 Å². The molecule has 1 heterocycles. The Morgan fingerprint density at radius 2 is 2.05 bits per heavy atom. The maximum Gasteiger partial charge on any atom is 0.130 e. The molecule has 0 spiro atoms. The number of aryl methyl sites for hydroxylation is 2. The lowest BCUT2D eigenvalue weighted by Crippen LogP contribution is -2.05. The van der Waals surface area contributed by atoms with Gasteiger partial charge in [0, 0.05) is 29.6 Å². The Hall–Kier alpha value is -2.30. The minimum Gasteiger partial charge on any atom is -0.508 e. The number of hydrogen-bond donors (Lipinski definition) is 3. The standard InChI is InChI=1S/C14H18N4O/c1-3-12-7-14(18-9(2)17-12)16-8-10-6-11(15)4-5-13(10)19/h4-7,19H,3,8,15H2,1-2H3,(H,16,17,18). The number of nitrogens with zero attached hydrogens (tertiary/aromatic N) is 2. The molecular formula is C14H18N4O. The monoisotopic (exact) mass is 258 g/mol. The van der Waals surface area contributed by atoms with Crippen LogP contribution in [-0.2, 0) is 13.0 Å². The first-order valence-corrected chi connectivity index (χ1v) is 6.24. The van der Waals surface area contributed by atoms with Crippen LogP contribution in [0.1, 0.15) is 24.0 Å². The SMILES string of the molecule is CCc1cc(NCc2cc(N)ccc2O)nc(C)n1. The fourth-order valence-electron chi connectivity index (χ4n) is 1.83. The number of nitrogen functional groups attached to an aromatic ring is 1. The zero-order chi connectivity index (χ0) is 13.8. The van der Waals surface area contributed by atoms with Gasteiger partial charge in [0.15, 0.2) is 0 Å². The highest BCUT2D eigenvalue weighted by atomic mass is 16.3. The third-order valence-electron chi connectivity index (χ3n) is 2.82. The average molecular weight is 258 g/mol. The Kier molecular flexibility index (Phi) is 3.85. The van der Waals surface area contributed by atoms with Crippen molar-refractivity contribution in [2.75, 3.05) is 11.1 Å². The van der Waals surface area contributed by atoms with Crippen LogP contribution in [0.15, 0.2) is 24.3 Å². The van der Waals surface area contributed by atoms with Crippen molar-refractivity contribution in [3.63, 3.8) is 0 Å². The van der Waals surface area contributed by atoms with Gasteiger partial charge in [0.2, 0.25) is 0 Å². The first-order chi connectivity index (χ1) is 9.08. The van der Waals surface area contributed by atoms with E-state index < -0.39 is 0 Å². The molecule has 0 radical (unpaired) electrons. The lowest BCUT2D eigenvalue weighted by atomic mass is 10.2. The second kappa shape index (κ2) is 5.56. The highest BCUT2D eigenvalue weighted by Gasteiger charge is 2.04. The first kappa shape index (κ1) is 13.1. The second-order valence-electron chi connectivity index (χ2n) is 4.39. The van der Waals surface area contributed by atoms with Gasteiger partial charge in [-0.2, -0.15) is 0 Å². The number of nitrogens with one attached hydrogen (secondary N) is 1. The summed E-state index contributed by atoms with van der Waals surface area (Å²) < 4.78 is 0. The fraction of sp³-hybridized carbons (Fsp3) is 0.286. The van der Waals surface area contributed by atoms with Crippen LogP contribution in [0.25, 0.3) is 0 Å². The van der Waals surface area contributed by atoms with E-state index in [0.29, 0.717) is 12.2 Å². The molecule has 2 rings (SSSR count). The zero-order valence-electron chi connectivity index (χ0n) is 11.1. The highest BCUT2D eigenvalue weighted by Crippen LogP contribution is 2.20. The van der Waals surface area contributed by atoms with Crippen molar-refractivity contribution in [3.8, 4) is 5.75 Å². The van der Waals surface area contributed by atoms with Crippen molar-refractivity contribution in [3.05, 3.63) is 41.3 Å². The molecule has 0 saturated heterocycles. The van der Waals surface area contributed by atoms with Gasteiger partial charge in [0.1, 0.15) is 17.4 Å². The molecule has 0 unspecified atom stereocenters. The largest absolute Gasteiger partial charge is 0.508 e. The number of phenols is 1. The molecule has 0 aliphatic rings. The number of phenolic OH excluding ortho intramolecular Hbond substituents is 1. The van der Waals surface area contributed by atoms with Crippen molar-refractivity contribution in [1.82, 2.24) is 9.97 Å². The summed E-state index contributed by atoms with van der Waals surface area (Å²) >= 11 is 0. The Morgan fingerprint density at radius 3 is 2.79 bits per heavy atom. The average Bonchev–Trinajstić information content (AvgIpc) is 2.39. The van der Waals surface area contributed by atoms with Crippen LogP contribution in [0.4, 0.5) is 11.5 Å². The van der Waals surface area contributed by atoms with Gasteiger partial charge in [-0.15, -0.1) is 0 Å². The molecule has 0 aliphatic heterocycles. The van der Waals surface area contributed by atoms with E-state index in [1.165, 1.54) is 0 Å². The number of nitrogens with two attached hydrogens (primary N) is 1. The normalized spacial score (nSPS) is 10.4. The number of rotatable bonds is 4. The van der Waals surface area contributed by atoms with Crippen LogP contribution in [0.5, 0.6) is 5.75 Å². The summed E-state index contributed by atoms with van der Waals surface area (Å²) in [7, 11) is 0. The van der Waals surface area contributed by atoms with Crippen molar-refractivity contribution in [2.24, 2.45) is 0 Å². The Labute approximate surface area is 112 Å². The summed E-state index contributed by atoms with van der Waals surface area (Å²) in [5, 5.41) is 12.9. The van der Waals surface area contributed by atoms with Crippen molar-refractivity contribution >= 4 is 11.5 Å². The maximum absolute atomic E-state index is 9.74. The summed E-state index contributed by atoms with van der Waals surface area (Å²) in [6.45, 7) is 4.38. The molecule has 4 N–H and O–H groups in total. The molecule has 1 aromatic heterocycles. The van der Waals surface area contributed by atoms with Crippen LogP contribution in [0.3, 0.4) is 0 Å². The molecule has 0 bridgehead atoms. The second-order valence-corrected chi connectivity index (χ2v) is 4.39. The zero-order valence-corrected chi connectivity index (χ0v) is 11.1. The van der Waals surface area contributed by atoms with Crippen molar-refractivity contribution in [2.45, 2.75) is 26.8 Å². The lowest BCUT2D eigenvalue weighted by molar-refractivity contribution is 0.469. The van der Waals surface area contributed by atoms with E-state index in [1.807, 2.05) is 13.0 Å². The van der Waals surface area contributed by atoms with E-state index in [1.54, 1.807) is 18.2 Å². The van der Waals surface area contributed by atoms with Gasteiger partial charge in [-0.1, -0.05) is 6.92 Å². The van der Waals surface area contributed by atoms with Crippen LogP contribution in [-0.4, -0.2) is 15.1 Å². The van der Waals surface area contributed by atoms with E-state index in [2.05, 4.69) is 22.2 Å². The Balaban J connectivity index is 2.14. The molecule has 0 fully saturated rings. The minimum atomic E-state index is 0.225. The summed E-state index contributed by atoms with van der Waals surface area (Å²) in [6.07, 6.45) is 0.863. The molecular weight excluding hydrogens is 240 g/mol. The van der Waals surface area contributed by atoms with Gasteiger partial charge in [0.25, 0.3) is 0 Å². The third-order valence-corrected chi connectivity index (χ3v) is 2.82. The van der Waals surface area contributed by atoms with Gasteiger partial charge in [0.05, 0.1) is 0 Å². The third kappa shape index (κ3) is 3.34. The van der Waals surface area contributed by atoms with Crippen LogP contribution in [0, 0.1) is 6.92 Å². The van der Waals surface area contributed by atoms with E-state index in [4.69, 9.17) is 5.73 Å². The van der Waals surface area contributed by atoms with E-state index >= 15 is 0 Å². The quantitative estimate of drug-likeness (QED) is 0.578. The van der Waals surface area contributed by atoms with Crippen molar-refractivity contribution < 1.29 is 5.11 Å². The predicted molar refractivity (Wildman–Crippen MR) is 76.0 cm³/mol. The summed E-state index contributed by atoms with van der Waals surface area (Å²) in [6, 6.07) is 6.92. The fourth-order valence-corrected chi connectivity index (χ4v) is 1.83. The minimum absolute atomic E-state index is 0.225. The summed E-state index contributed by atoms with van der Waals surface area (Å²) in [4.78, 5) is 8.63. The molecule has 1 aromatic carbocycles. The summed E-state index contributed by atoms with van der Waals surface area (Å²) in [5.41, 5.74) is 8.07. The molecule has 19 heavy (non-hydrogen) atoms. The number of aromatic hydroxyl groups is 1. The maximum atomic E-state index is 9.74. The van der Waals surface area contributed by atoms with E-state index in [9.17, 15) is 5.11 Å². The van der Waals surface area contributed by atoms with Crippen LogP contribution < -0.4 is 11.1 Å². The van der Waals surface area contributed by atoms with Crippen LogP contribution >= 0.6 is 0 Å². The molecule has 0 amide bonds. The lowest BCUT2D eigenvalue weighted by Gasteiger charge is -2.09. The van der Waals surface area contributed by atoms with E-state index in [-0.39, 0.29) is 5.75 Å². The van der Waals surface area contributed by atoms with Gasteiger partial charge in [-0.25, -0.2) is 9.97 Å². The van der Waals surface area contributed by atoms with Gasteiger partial charge < -0.3 is 16.2 Å². The summed E-state index contributed by atoms with van der Waals surface area (Å²) in [5.74, 6) is 1.72. The molecule has 100 valence electrons. The number of benzene rings is 1. The van der Waals surface area contributed by atoms with Gasteiger partial charge >= 0.3 is 0 Å². The highest BCUT2D eigenvalue weighted by molar-refractivity contribution is 5.49. The molecule has 2 aromatic rings. The van der Waals surface area contributed by atoms with Crippen molar-refractivity contribution in [1.29, 1.82) is 0 Å². The topological polar surface area (TPSA) is 84.1 Å². The Morgan fingerprint density at radius 1 is 1.26 bits per heavy atom. The predicted octanol–water partition coefficient (Wildman–Crippen LogP) is 2.25. The molecule has 0 saturated carbocycles. The van der Waals surface area contributed by atoms with Gasteiger partial charge in [-0.3, -0.25) is 0 Å². The number of anilines is 2. The number of hydrogen-bond acceptors (Lipinski definition) is 5. The first-order valence-electron chi connectivity index (χ1n) is 6.24. The smallest absolute Gasteiger partial charge is 0.130 e. The molecule has 0 atom stereocenters. The number of aromatic nitrogens is 2. The molecule has 5 nitrogen and oxygen atoms in total. The molecule has 5 heteroatoms. The Bertz CT molecular complexity index is 584.